The number of fused-ring (bicyclic) bond motifs is 1. The van der Waals surface area contributed by atoms with Crippen molar-refractivity contribution in [1.82, 2.24) is 9.78 Å². The van der Waals surface area contributed by atoms with Crippen LogP contribution in [0.4, 0.5) is 5.00 Å². The maximum atomic E-state index is 13.3. The summed E-state index contributed by atoms with van der Waals surface area (Å²) in [4.78, 5) is 38.5. The number of carbonyl (C=O) groups is 2. The van der Waals surface area contributed by atoms with Crippen LogP contribution in [0, 0.1) is 0 Å². The second kappa shape index (κ2) is 8.70. The normalized spacial score (nSPS) is 10.8. The van der Waals surface area contributed by atoms with Crippen molar-refractivity contribution < 1.29 is 19.1 Å². The molecule has 0 atom stereocenters. The van der Waals surface area contributed by atoms with Crippen molar-refractivity contribution >= 4 is 50.3 Å². The number of methoxy groups -OCH3 is 1. The van der Waals surface area contributed by atoms with Gasteiger partial charge in [-0.15, -0.1) is 11.3 Å². The van der Waals surface area contributed by atoms with Gasteiger partial charge < -0.3 is 14.8 Å². The Kier molecular flexibility index (Phi) is 5.83. The van der Waals surface area contributed by atoms with Gasteiger partial charge in [-0.2, -0.15) is 21.1 Å². The molecule has 0 saturated carbocycles. The van der Waals surface area contributed by atoms with Crippen molar-refractivity contribution in [2.45, 2.75) is 6.92 Å². The van der Waals surface area contributed by atoms with Gasteiger partial charge in [-0.3, -0.25) is 9.59 Å². The minimum atomic E-state index is -0.650. The standard InChI is InChI=1S/C21H17N3O5S2/c1-3-29-21(27)17-15-11-31-19(22-18(25)12-8-9-30-10-12)16(15)20(26)24(23-17)13-4-6-14(28-2)7-5-13/h4-11H,3H2,1-2H3,(H,22,25). The molecular formula is C21H17N3O5S2. The van der Waals surface area contributed by atoms with Crippen molar-refractivity contribution in [3.63, 3.8) is 0 Å². The lowest BCUT2D eigenvalue weighted by atomic mass is 10.2. The van der Waals surface area contributed by atoms with Crippen molar-refractivity contribution in [3.8, 4) is 11.4 Å². The predicted molar refractivity (Wildman–Crippen MR) is 120 cm³/mol. The van der Waals surface area contributed by atoms with Crippen LogP contribution in [0.15, 0.2) is 51.3 Å². The Bertz CT molecular complexity index is 1310. The average molecular weight is 456 g/mol. The number of thiophene rings is 2. The molecule has 4 aromatic rings. The Hall–Kier alpha value is -3.50. The Balaban J connectivity index is 1.89. The maximum Gasteiger partial charge on any atom is 0.359 e. The first-order valence-corrected chi connectivity index (χ1v) is 11.0. The molecule has 0 radical (unpaired) electrons. The molecule has 3 aromatic heterocycles. The quantitative estimate of drug-likeness (QED) is 0.442. The molecule has 0 aliphatic carbocycles. The number of rotatable bonds is 6. The third-order valence-corrected chi connectivity index (χ3v) is 6.03. The molecule has 4 rings (SSSR count). The Morgan fingerprint density at radius 1 is 1.16 bits per heavy atom. The van der Waals surface area contributed by atoms with Gasteiger partial charge in [0.25, 0.3) is 11.5 Å². The third-order valence-electron chi connectivity index (χ3n) is 4.45. The highest BCUT2D eigenvalue weighted by molar-refractivity contribution is 7.16. The highest BCUT2D eigenvalue weighted by Gasteiger charge is 2.23. The van der Waals surface area contributed by atoms with Crippen molar-refractivity contribution in [1.29, 1.82) is 0 Å². The summed E-state index contributed by atoms with van der Waals surface area (Å²) >= 11 is 2.55. The van der Waals surface area contributed by atoms with Crippen molar-refractivity contribution in [3.05, 3.63) is 68.1 Å². The molecule has 1 N–H and O–H groups in total. The molecule has 0 aliphatic rings. The first-order valence-electron chi connectivity index (χ1n) is 9.23. The van der Waals surface area contributed by atoms with Crippen LogP contribution in [0.2, 0.25) is 0 Å². The molecule has 1 amide bonds. The highest BCUT2D eigenvalue weighted by atomic mass is 32.1. The topological polar surface area (TPSA) is 99.5 Å². The lowest BCUT2D eigenvalue weighted by molar-refractivity contribution is 0.0520. The smallest absolute Gasteiger partial charge is 0.359 e. The first kappa shape index (κ1) is 20.8. The second-order valence-corrected chi connectivity index (χ2v) is 7.96. The lowest BCUT2D eigenvalue weighted by Crippen LogP contribution is -2.25. The number of anilines is 1. The number of benzene rings is 1. The molecule has 0 fully saturated rings. The van der Waals surface area contributed by atoms with Crippen LogP contribution >= 0.6 is 22.7 Å². The van der Waals surface area contributed by atoms with Crippen LogP contribution in [-0.4, -0.2) is 35.4 Å². The number of carbonyl (C=O) groups excluding carboxylic acids is 2. The van der Waals surface area contributed by atoms with Gasteiger partial charge in [-0.1, -0.05) is 0 Å². The number of ether oxygens (including phenoxy) is 2. The molecule has 1 aromatic carbocycles. The highest BCUT2D eigenvalue weighted by Crippen LogP contribution is 2.31. The van der Waals surface area contributed by atoms with Gasteiger partial charge in [0, 0.05) is 16.1 Å². The van der Waals surface area contributed by atoms with Crippen LogP contribution in [-0.2, 0) is 4.74 Å². The number of aromatic nitrogens is 2. The van der Waals surface area contributed by atoms with Gasteiger partial charge in [0.15, 0.2) is 5.69 Å². The number of nitrogens with zero attached hydrogens (tertiary/aromatic N) is 2. The van der Waals surface area contributed by atoms with E-state index in [1.54, 1.807) is 53.4 Å². The fraction of sp³-hybridized carbons (Fsp3) is 0.143. The van der Waals surface area contributed by atoms with E-state index in [4.69, 9.17) is 9.47 Å². The molecule has 0 unspecified atom stereocenters. The zero-order chi connectivity index (χ0) is 22.0. The van der Waals surface area contributed by atoms with Crippen molar-refractivity contribution in [2.24, 2.45) is 0 Å². The molecule has 3 heterocycles. The number of nitrogens with one attached hydrogen (secondary N) is 1. The van der Waals surface area contributed by atoms with Crippen LogP contribution in [0.25, 0.3) is 16.5 Å². The number of esters is 1. The zero-order valence-corrected chi connectivity index (χ0v) is 18.2. The van der Waals surface area contributed by atoms with Gasteiger partial charge in [-0.25, -0.2) is 4.79 Å². The molecule has 10 heteroatoms. The minimum Gasteiger partial charge on any atom is -0.497 e. The van der Waals surface area contributed by atoms with Crippen LogP contribution < -0.4 is 15.6 Å². The SMILES string of the molecule is CCOC(=O)c1nn(-c2ccc(OC)cc2)c(=O)c2c(NC(=O)c3ccsc3)scc12. The molecule has 31 heavy (non-hydrogen) atoms. The molecule has 0 bridgehead atoms. The third kappa shape index (κ3) is 3.94. The summed E-state index contributed by atoms with van der Waals surface area (Å²) < 4.78 is 11.4. The second-order valence-electron chi connectivity index (χ2n) is 6.30. The van der Waals surface area contributed by atoms with E-state index in [-0.39, 0.29) is 23.6 Å². The van der Waals surface area contributed by atoms with E-state index in [9.17, 15) is 14.4 Å². The summed E-state index contributed by atoms with van der Waals surface area (Å²) in [6, 6.07) is 8.38. The molecule has 0 saturated heterocycles. The molecule has 0 aliphatic heterocycles. The van der Waals surface area contributed by atoms with Gasteiger partial charge in [0.1, 0.15) is 10.8 Å². The molecular weight excluding hydrogens is 438 g/mol. The zero-order valence-electron chi connectivity index (χ0n) is 16.6. The van der Waals surface area contributed by atoms with Crippen molar-refractivity contribution in [2.75, 3.05) is 19.0 Å². The fourth-order valence-electron chi connectivity index (χ4n) is 2.96. The first-order chi connectivity index (χ1) is 15.0. The van der Waals surface area contributed by atoms with Crippen LogP contribution in [0.1, 0.15) is 27.8 Å². The van der Waals surface area contributed by atoms with Crippen LogP contribution in [0.3, 0.4) is 0 Å². The summed E-state index contributed by atoms with van der Waals surface area (Å²) in [5.41, 5.74) is 0.468. The van der Waals surface area contributed by atoms with Crippen LogP contribution in [0.5, 0.6) is 5.75 Å². The Morgan fingerprint density at radius 2 is 1.94 bits per heavy atom. The summed E-state index contributed by atoms with van der Waals surface area (Å²) in [5, 5.41) is 13.0. The van der Waals surface area contributed by atoms with Gasteiger partial charge in [-0.05, 0) is 42.6 Å². The van der Waals surface area contributed by atoms with E-state index in [2.05, 4.69) is 10.4 Å². The number of hydrogen-bond donors (Lipinski definition) is 1. The largest absolute Gasteiger partial charge is 0.497 e. The summed E-state index contributed by atoms with van der Waals surface area (Å²) in [6.07, 6.45) is 0. The van der Waals surface area contributed by atoms with Gasteiger partial charge >= 0.3 is 5.97 Å². The van der Waals surface area contributed by atoms with E-state index in [1.165, 1.54) is 18.4 Å². The van der Waals surface area contributed by atoms with E-state index in [0.717, 1.165) is 16.0 Å². The number of amides is 1. The summed E-state index contributed by atoms with van der Waals surface area (Å²) in [7, 11) is 1.54. The summed E-state index contributed by atoms with van der Waals surface area (Å²) in [5.74, 6) is -0.374. The van der Waals surface area contributed by atoms with Gasteiger partial charge in [0.2, 0.25) is 0 Å². The van der Waals surface area contributed by atoms with E-state index in [0.29, 0.717) is 27.4 Å². The monoisotopic (exact) mass is 455 g/mol. The average Bonchev–Trinajstić information content (AvgIpc) is 3.45. The molecule has 158 valence electrons. The predicted octanol–water partition coefficient (Wildman–Crippen LogP) is 3.95. The molecule has 8 nitrogen and oxygen atoms in total. The van der Waals surface area contributed by atoms with E-state index in [1.807, 2.05) is 0 Å². The van der Waals surface area contributed by atoms with Gasteiger partial charge in [0.05, 0.1) is 30.4 Å². The summed E-state index contributed by atoms with van der Waals surface area (Å²) in [6.45, 7) is 1.85. The molecule has 0 spiro atoms. The number of hydrogen-bond acceptors (Lipinski definition) is 8. The lowest BCUT2D eigenvalue weighted by Gasteiger charge is -2.10. The fourth-order valence-corrected chi connectivity index (χ4v) is 4.53. The van der Waals surface area contributed by atoms with E-state index < -0.39 is 11.5 Å². The Labute approximate surface area is 184 Å². The van der Waals surface area contributed by atoms with E-state index >= 15 is 0 Å². The Morgan fingerprint density at radius 3 is 2.58 bits per heavy atom. The minimum absolute atomic E-state index is 0.000416. The maximum absolute atomic E-state index is 13.3.